The lowest BCUT2D eigenvalue weighted by molar-refractivity contribution is -0.149. The molecule has 0 amide bonds. The van der Waals surface area contributed by atoms with E-state index in [1.807, 2.05) is 0 Å². The van der Waals surface area contributed by atoms with Crippen LogP contribution in [0.5, 0.6) is 0 Å². The normalized spacial score (nSPS) is 19.3. The number of rotatable bonds is 7. The number of hydrogen-bond donors (Lipinski definition) is 1. The minimum atomic E-state index is -4.08. The third kappa shape index (κ3) is 7.18. The Morgan fingerprint density at radius 1 is 0.833 bits per heavy atom. The molecule has 1 heterocycles. The van der Waals surface area contributed by atoms with E-state index in [1.165, 1.54) is 4.90 Å². The maximum absolute atomic E-state index is 12.2. The molecular formula is C12H23F3N2O. The summed E-state index contributed by atoms with van der Waals surface area (Å²) in [7, 11) is 0. The van der Waals surface area contributed by atoms with E-state index in [9.17, 15) is 13.2 Å². The van der Waals surface area contributed by atoms with Gasteiger partial charge in [0.05, 0.1) is 6.54 Å². The van der Waals surface area contributed by atoms with Crippen LogP contribution in [0.3, 0.4) is 0 Å². The zero-order valence-corrected chi connectivity index (χ0v) is 10.8. The van der Waals surface area contributed by atoms with E-state index in [2.05, 4.69) is 4.90 Å². The van der Waals surface area contributed by atoms with Gasteiger partial charge >= 0.3 is 6.18 Å². The molecular weight excluding hydrogens is 245 g/mol. The van der Waals surface area contributed by atoms with Crippen molar-refractivity contribution >= 4 is 0 Å². The first-order valence-electron chi connectivity index (χ1n) is 6.63. The molecule has 0 radical (unpaired) electrons. The summed E-state index contributed by atoms with van der Waals surface area (Å²) in [5, 5.41) is 8.63. The Morgan fingerprint density at radius 2 is 1.39 bits per heavy atom. The van der Waals surface area contributed by atoms with Crippen LogP contribution in [-0.2, 0) is 0 Å². The lowest BCUT2D eigenvalue weighted by atomic mass is 10.2. The number of alkyl halides is 3. The van der Waals surface area contributed by atoms with Gasteiger partial charge in [-0.05, 0) is 19.4 Å². The van der Waals surface area contributed by atoms with E-state index in [0.717, 1.165) is 45.3 Å². The van der Waals surface area contributed by atoms with Crippen molar-refractivity contribution in [3.05, 3.63) is 0 Å². The molecule has 0 aromatic carbocycles. The van der Waals surface area contributed by atoms with Crippen LogP contribution in [-0.4, -0.2) is 67.0 Å². The zero-order chi connectivity index (χ0) is 13.4. The Kier molecular flexibility index (Phi) is 6.96. The summed E-state index contributed by atoms with van der Waals surface area (Å²) < 4.78 is 36.5. The highest BCUT2D eigenvalue weighted by atomic mass is 19.4. The predicted octanol–water partition coefficient (Wildman–Crippen LogP) is 1.72. The molecule has 0 aromatic rings. The second-order valence-corrected chi connectivity index (χ2v) is 4.87. The molecule has 3 nitrogen and oxygen atoms in total. The third-order valence-corrected chi connectivity index (χ3v) is 3.25. The smallest absolute Gasteiger partial charge is 0.396 e. The molecule has 18 heavy (non-hydrogen) atoms. The summed E-state index contributed by atoms with van der Waals surface area (Å²) in [5.74, 6) is 0. The molecule has 6 heteroatoms. The molecule has 1 fully saturated rings. The SMILES string of the molecule is OCCCCCCN1CCN(CC(F)(F)F)CC1. The lowest BCUT2D eigenvalue weighted by Gasteiger charge is -2.34. The van der Waals surface area contributed by atoms with Crippen LogP contribution >= 0.6 is 0 Å². The average molecular weight is 268 g/mol. The third-order valence-electron chi connectivity index (χ3n) is 3.25. The molecule has 0 bridgehead atoms. The summed E-state index contributed by atoms with van der Waals surface area (Å²) in [6.07, 6.45) is -0.0427. The molecule has 0 saturated carbocycles. The van der Waals surface area contributed by atoms with Gasteiger partial charge in [-0.15, -0.1) is 0 Å². The minimum absolute atomic E-state index is 0.246. The van der Waals surface area contributed by atoms with E-state index in [1.54, 1.807) is 0 Å². The van der Waals surface area contributed by atoms with Crippen LogP contribution in [0.1, 0.15) is 25.7 Å². The molecule has 0 unspecified atom stereocenters. The van der Waals surface area contributed by atoms with Crippen molar-refractivity contribution in [2.24, 2.45) is 0 Å². The number of nitrogens with zero attached hydrogens (tertiary/aromatic N) is 2. The Morgan fingerprint density at radius 3 is 1.94 bits per heavy atom. The number of hydrogen-bond acceptors (Lipinski definition) is 3. The van der Waals surface area contributed by atoms with Gasteiger partial charge in [-0.2, -0.15) is 13.2 Å². The molecule has 1 saturated heterocycles. The number of aliphatic hydroxyl groups excluding tert-OH is 1. The minimum Gasteiger partial charge on any atom is -0.396 e. The first-order chi connectivity index (χ1) is 8.51. The summed E-state index contributed by atoms with van der Waals surface area (Å²) in [4.78, 5) is 3.70. The van der Waals surface area contributed by atoms with Crippen LogP contribution in [0.15, 0.2) is 0 Å². The second-order valence-electron chi connectivity index (χ2n) is 4.87. The van der Waals surface area contributed by atoms with Gasteiger partial charge in [-0.25, -0.2) is 0 Å². The van der Waals surface area contributed by atoms with Gasteiger partial charge < -0.3 is 10.0 Å². The van der Waals surface area contributed by atoms with Crippen molar-refractivity contribution in [3.63, 3.8) is 0 Å². The topological polar surface area (TPSA) is 26.7 Å². The number of piperazine rings is 1. The average Bonchev–Trinajstić information content (AvgIpc) is 2.29. The van der Waals surface area contributed by atoms with Gasteiger partial charge in [0.1, 0.15) is 0 Å². The zero-order valence-electron chi connectivity index (χ0n) is 10.8. The maximum Gasteiger partial charge on any atom is 0.401 e. The van der Waals surface area contributed by atoms with Crippen LogP contribution < -0.4 is 0 Å². The fourth-order valence-corrected chi connectivity index (χ4v) is 2.23. The highest BCUT2D eigenvalue weighted by Crippen LogP contribution is 2.17. The highest BCUT2D eigenvalue weighted by molar-refractivity contribution is 4.73. The highest BCUT2D eigenvalue weighted by Gasteiger charge is 2.31. The number of aliphatic hydroxyl groups is 1. The van der Waals surface area contributed by atoms with Crippen molar-refractivity contribution in [1.82, 2.24) is 9.80 Å². The first-order valence-corrected chi connectivity index (χ1v) is 6.63. The van der Waals surface area contributed by atoms with Gasteiger partial charge in [0.2, 0.25) is 0 Å². The van der Waals surface area contributed by atoms with Crippen LogP contribution in [0.25, 0.3) is 0 Å². The van der Waals surface area contributed by atoms with Crippen molar-refractivity contribution in [1.29, 1.82) is 0 Å². The van der Waals surface area contributed by atoms with E-state index in [-0.39, 0.29) is 6.61 Å². The predicted molar refractivity (Wildman–Crippen MR) is 64.5 cm³/mol. The molecule has 1 N–H and O–H groups in total. The van der Waals surface area contributed by atoms with E-state index >= 15 is 0 Å². The van der Waals surface area contributed by atoms with E-state index in [4.69, 9.17) is 5.11 Å². The summed E-state index contributed by atoms with van der Waals surface area (Å²) in [6.45, 7) is 2.91. The standard InChI is InChI=1S/C12H23F3N2O/c13-12(14,15)11-17-8-6-16(7-9-17)5-3-1-2-4-10-18/h18H,1-11H2. The van der Waals surface area contributed by atoms with E-state index in [0.29, 0.717) is 13.1 Å². The van der Waals surface area contributed by atoms with Crippen molar-refractivity contribution < 1.29 is 18.3 Å². The van der Waals surface area contributed by atoms with Gasteiger partial charge in [-0.3, -0.25) is 4.90 Å². The fraction of sp³-hybridized carbons (Fsp3) is 1.00. The largest absolute Gasteiger partial charge is 0.401 e. The van der Waals surface area contributed by atoms with Gasteiger partial charge in [-0.1, -0.05) is 12.8 Å². The van der Waals surface area contributed by atoms with Gasteiger partial charge in [0.15, 0.2) is 0 Å². The van der Waals surface area contributed by atoms with Gasteiger partial charge in [0, 0.05) is 32.8 Å². The van der Waals surface area contributed by atoms with Gasteiger partial charge in [0.25, 0.3) is 0 Å². The van der Waals surface area contributed by atoms with Crippen LogP contribution in [0, 0.1) is 0 Å². The molecule has 0 atom stereocenters. The molecule has 1 aliphatic rings. The first kappa shape index (κ1) is 15.7. The molecule has 0 spiro atoms. The van der Waals surface area contributed by atoms with Crippen LogP contribution in [0.2, 0.25) is 0 Å². The molecule has 0 aromatic heterocycles. The molecule has 1 rings (SSSR count). The monoisotopic (exact) mass is 268 g/mol. The van der Waals surface area contributed by atoms with Crippen LogP contribution in [0.4, 0.5) is 13.2 Å². The quantitative estimate of drug-likeness (QED) is 0.712. The Balaban J connectivity index is 2.05. The number of unbranched alkanes of at least 4 members (excludes halogenated alkanes) is 3. The van der Waals surface area contributed by atoms with Crippen molar-refractivity contribution in [3.8, 4) is 0 Å². The Bertz CT molecular complexity index is 216. The van der Waals surface area contributed by atoms with E-state index < -0.39 is 12.7 Å². The number of halogens is 3. The second kappa shape index (κ2) is 7.96. The maximum atomic E-state index is 12.2. The summed E-state index contributed by atoms with van der Waals surface area (Å²) in [5.41, 5.74) is 0. The summed E-state index contributed by atoms with van der Waals surface area (Å²) >= 11 is 0. The molecule has 0 aliphatic carbocycles. The Labute approximate surface area is 107 Å². The Hall–Kier alpha value is -0.330. The summed E-state index contributed by atoms with van der Waals surface area (Å²) in [6, 6.07) is 0. The van der Waals surface area contributed by atoms with Crippen molar-refractivity contribution in [2.75, 3.05) is 45.9 Å². The van der Waals surface area contributed by atoms with Crippen molar-refractivity contribution in [2.45, 2.75) is 31.9 Å². The molecule has 108 valence electrons. The lowest BCUT2D eigenvalue weighted by Crippen LogP contribution is -2.49. The fourth-order valence-electron chi connectivity index (χ4n) is 2.23. The molecule has 1 aliphatic heterocycles.